The maximum Gasteiger partial charge on any atom is 0.259 e. The zero-order valence-corrected chi connectivity index (χ0v) is 14.8. The van der Waals surface area contributed by atoms with Gasteiger partial charge < -0.3 is 14.7 Å². The minimum atomic E-state index is -0.196. The molecule has 0 saturated heterocycles. The number of para-hydroxylation sites is 2. The van der Waals surface area contributed by atoms with E-state index in [0.29, 0.717) is 17.9 Å². The first kappa shape index (κ1) is 17.8. The van der Waals surface area contributed by atoms with Gasteiger partial charge in [0.1, 0.15) is 0 Å². The molecule has 0 saturated carbocycles. The van der Waals surface area contributed by atoms with Crippen LogP contribution in [0, 0.1) is 0 Å². The largest absolute Gasteiger partial charge is 0.504 e. The SMILES string of the molecule is CCOc1cccc(/C=N/NC(=O)CN2CCCc3ccccc32)c1O. The Morgan fingerprint density at radius 3 is 3.00 bits per heavy atom. The van der Waals surface area contributed by atoms with E-state index in [2.05, 4.69) is 21.5 Å². The number of nitrogens with one attached hydrogen (secondary N) is 1. The molecule has 0 atom stereocenters. The molecular formula is C20H23N3O3. The van der Waals surface area contributed by atoms with Crippen molar-refractivity contribution in [1.29, 1.82) is 0 Å². The number of hydrazone groups is 1. The normalized spacial score (nSPS) is 13.5. The first-order valence-corrected chi connectivity index (χ1v) is 8.78. The molecule has 0 radical (unpaired) electrons. The summed E-state index contributed by atoms with van der Waals surface area (Å²) in [5, 5.41) is 14.1. The molecule has 1 amide bonds. The second-order valence-electron chi connectivity index (χ2n) is 6.07. The number of amides is 1. The number of aromatic hydroxyl groups is 1. The van der Waals surface area contributed by atoms with Gasteiger partial charge in [-0.1, -0.05) is 24.3 Å². The Morgan fingerprint density at radius 1 is 1.31 bits per heavy atom. The Balaban J connectivity index is 1.60. The molecular weight excluding hydrogens is 330 g/mol. The minimum absolute atomic E-state index is 0.0114. The quantitative estimate of drug-likeness (QED) is 0.619. The fourth-order valence-corrected chi connectivity index (χ4v) is 3.07. The molecule has 1 aliphatic heterocycles. The van der Waals surface area contributed by atoms with Crippen molar-refractivity contribution in [2.45, 2.75) is 19.8 Å². The lowest BCUT2D eigenvalue weighted by Crippen LogP contribution is -2.38. The summed E-state index contributed by atoms with van der Waals surface area (Å²) in [5.41, 5.74) is 5.39. The van der Waals surface area contributed by atoms with Gasteiger partial charge in [0.2, 0.25) is 0 Å². The van der Waals surface area contributed by atoms with Gasteiger partial charge in [-0.2, -0.15) is 5.10 Å². The zero-order valence-electron chi connectivity index (χ0n) is 14.8. The van der Waals surface area contributed by atoms with Gasteiger partial charge in [0, 0.05) is 17.8 Å². The van der Waals surface area contributed by atoms with Crippen LogP contribution in [0.3, 0.4) is 0 Å². The van der Waals surface area contributed by atoms with Crippen molar-refractivity contribution < 1.29 is 14.6 Å². The number of carbonyl (C=O) groups excluding carboxylic acids is 1. The molecule has 6 nitrogen and oxygen atoms in total. The van der Waals surface area contributed by atoms with Crippen LogP contribution >= 0.6 is 0 Å². The highest BCUT2D eigenvalue weighted by atomic mass is 16.5. The fraction of sp³-hybridized carbons (Fsp3) is 0.300. The Labute approximate surface area is 153 Å². The summed E-state index contributed by atoms with van der Waals surface area (Å²) < 4.78 is 5.33. The standard InChI is InChI=1S/C20H23N3O3/c1-2-26-18-11-5-8-16(20(18)25)13-21-22-19(24)14-23-12-6-9-15-7-3-4-10-17(15)23/h3-5,7-8,10-11,13,25H,2,6,9,12,14H2,1H3,(H,22,24)/b21-13+. The number of phenolic OH excluding ortho intramolecular Hbond substituents is 1. The van der Waals surface area contributed by atoms with Crippen molar-refractivity contribution in [3.8, 4) is 11.5 Å². The third-order valence-corrected chi connectivity index (χ3v) is 4.26. The molecule has 2 N–H and O–H groups in total. The number of carbonyl (C=O) groups is 1. The lowest BCUT2D eigenvalue weighted by Gasteiger charge is -2.30. The number of fused-ring (bicyclic) bond motifs is 1. The minimum Gasteiger partial charge on any atom is -0.504 e. The molecule has 2 aromatic carbocycles. The van der Waals surface area contributed by atoms with E-state index in [-0.39, 0.29) is 18.2 Å². The van der Waals surface area contributed by atoms with Gasteiger partial charge in [-0.3, -0.25) is 4.79 Å². The van der Waals surface area contributed by atoms with E-state index in [0.717, 1.165) is 25.1 Å². The van der Waals surface area contributed by atoms with Crippen LogP contribution in [0.4, 0.5) is 5.69 Å². The molecule has 1 aliphatic rings. The van der Waals surface area contributed by atoms with E-state index in [9.17, 15) is 9.90 Å². The van der Waals surface area contributed by atoms with Crippen LogP contribution in [0.25, 0.3) is 0 Å². The Hall–Kier alpha value is -3.02. The number of anilines is 1. The van der Waals surface area contributed by atoms with Crippen molar-refractivity contribution in [2.75, 3.05) is 24.6 Å². The predicted octanol–water partition coefficient (Wildman–Crippen LogP) is 2.69. The summed E-state index contributed by atoms with van der Waals surface area (Å²) in [7, 11) is 0. The molecule has 0 aromatic heterocycles. The summed E-state index contributed by atoms with van der Waals surface area (Å²) in [4.78, 5) is 14.3. The van der Waals surface area contributed by atoms with E-state index in [1.165, 1.54) is 11.8 Å². The van der Waals surface area contributed by atoms with Crippen LogP contribution in [0.5, 0.6) is 11.5 Å². The highest BCUT2D eigenvalue weighted by molar-refractivity contribution is 5.87. The summed E-state index contributed by atoms with van der Waals surface area (Å²) in [6.45, 7) is 3.41. The molecule has 2 aromatic rings. The Bertz CT molecular complexity index is 805. The summed E-state index contributed by atoms with van der Waals surface area (Å²) >= 11 is 0. The average Bonchev–Trinajstić information content (AvgIpc) is 2.65. The number of benzene rings is 2. The average molecular weight is 353 g/mol. The van der Waals surface area contributed by atoms with Gasteiger partial charge >= 0.3 is 0 Å². The van der Waals surface area contributed by atoms with E-state index in [4.69, 9.17) is 4.74 Å². The molecule has 3 rings (SSSR count). The summed E-state index contributed by atoms with van der Waals surface area (Å²) in [5.74, 6) is 0.211. The van der Waals surface area contributed by atoms with Crippen LogP contribution in [0.1, 0.15) is 24.5 Å². The second kappa shape index (κ2) is 8.38. The van der Waals surface area contributed by atoms with Crippen molar-refractivity contribution in [3.05, 3.63) is 53.6 Å². The van der Waals surface area contributed by atoms with Gasteiger partial charge in [-0.15, -0.1) is 0 Å². The molecule has 1 heterocycles. The molecule has 0 unspecified atom stereocenters. The van der Waals surface area contributed by atoms with Gasteiger partial charge in [0.05, 0.1) is 19.4 Å². The van der Waals surface area contributed by atoms with Gasteiger partial charge in [0.15, 0.2) is 11.5 Å². The van der Waals surface area contributed by atoms with Gasteiger partial charge in [0.25, 0.3) is 5.91 Å². The van der Waals surface area contributed by atoms with Crippen LogP contribution in [0.2, 0.25) is 0 Å². The lowest BCUT2D eigenvalue weighted by atomic mass is 10.0. The van der Waals surface area contributed by atoms with E-state index in [1.54, 1.807) is 18.2 Å². The number of nitrogens with zero attached hydrogens (tertiary/aromatic N) is 2. The van der Waals surface area contributed by atoms with Crippen LogP contribution < -0.4 is 15.1 Å². The number of phenols is 1. The van der Waals surface area contributed by atoms with Crippen LogP contribution in [-0.4, -0.2) is 36.9 Å². The monoisotopic (exact) mass is 353 g/mol. The number of ether oxygens (including phenoxy) is 1. The predicted molar refractivity (Wildman–Crippen MR) is 102 cm³/mol. The molecule has 26 heavy (non-hydrogen) atoms. The van der Waals surface area contributed by atoms with E-state index < -0.39 is 0 Å². The first-order chi connectivity index (χ1) is 12.7. The van der Waals surface area contributed by atoms with E-state index in [1.807, 2.05) is 25.1 Å². The van der Waals surface area contributed by atoms with Crippen molar-refractivity contribution in [3.63, 3.8) is 0 Å². The second-order valence-corrected chi connectivity index (χ2v) is 6.07. The maximum absolute atomic E-state index is 12.2. The van der Waals surface area contributed by atoms with Crippen LogP contribution in [-0.2, 0) is 11.2 Å². The smallest absolute Gasteiger partial charge is 0.259 e. The topological polar surface area (TPSA) is 74.2 Å². The third kappa shape index (κ3) is 4.14. The van der Waals surface area contributed by atoms with Crippen molar-refractivity contribution in [1.82, 2.24) is 5.43 Å². The fourth-order valence-electron chi connectivity index (χ4n) is 3.07. The molecule has 0 fully saturated rings. The molecule has 0 bridgehead atoms. The van der Waals surface area contributed by atoms with E-state index >= 15 is 0 Å². The van der Waals surface area contributed by atoms with Crippen LogP contribution in [0.15, 0.2) is 47.6 Å². The first-order valence-electron chi connectivity index (χ1n) is 8.78. The number of hydrogen-bond donors (Lipinski definition) is 2. The zero-order chi connectivity index (χ0) is 18.4. The summed E-state index contributed by atoms with van der Waals surface area (Å²) in [6.07, 6.45) is 3.49. The molecule has 0 aliphatic carbocycles. The number of rotatable bonds is 6. The molecule has 136 valence electrons. The van der Waals surface area contributed by atoms with Crippen molar-refractivity contribution >= 4 is 17.8 Å². The number of hydrogen-bond acceptors (Lipinski definition) is 5. The maximum atomic E-state index is 12.2. The lowest BCUT2D eigenvalue weighted by molar-refractivity contribution is -0.119. The Kier molecular flexibility index (Phi) is 5.73. The highest BCUT2D eigenvalue weighted by Gasteiger charge is 2.18. The summed E-state index contributed by atoms with van der Waals surface area (Å²) in [6, 6.07) is 13.3. The number of aryl methyl sites for hydroxylation is 1. The molecule has 6 heteroatoms. The molecule has 0 spiro atoms. The van der Waals surface area contributed by atoms with Gasteiger partial charge in [-0.05, 0) is 43.5 Å². The Morgan fingerprint density at radius 2 is 2.15 bits per heavy atom. The van der Waals surface area contributed by atoms with Crippen molar-refractivity contribution in [2.24, 2.45) is 5.10 Å². The van der Waals surface area contributed by atoms with Gasteiger partial charge in [-0.25, -0.2) is 5.43 Å². The highest BCUT2D eigenvalue weighted by Crippen LogP contribution is 2.28. The third-order valence-electron chi connectivity index (χ3n) is 4.26.